The van der Waals surface area contributed by atoms with E-state index >= 15 is 0 Å². The Kier molecular flexibility index (Phi) is 4.58. The molecule has 3 fully saturated rings. The average Bonchev–Trinajstić information content (AvgIpc) is 3.15. The van der Waals surface area contributed by atoms with Gasteiger partial charge < -0.3 is 20.1 Å². The van der Waals surface area contributed by atoms with Crippen molar-refractivity contribution in [3.63, 3.8) is 0 Å². The third kappa shape index (κ3) is 3.93. The van der Waals surface area contributed by atoms with Gasteiger partial charge in [0.25, 0.3) is 0 Å². The molecule has 114 valence electrons. The minimum absolute atomic E-state index is 0.0285. The fourth-order valence-electron chi connectivity index (χ4n) is 3.15. The van der Waals surface area contributed by atoms with Gasteiger partial charge in [0.15, 0.2) is 0 Å². The first-order valence-corrected chi connectivity index (χ1v) is 8.00. The van der Waals surface area contributed by atoms with E-state index in [1.54, 1.807) is 0 Å². The molecular formula is C15H26N2O3. The first-order valence-electron chi connectivity index (χ1n) is 8.00. The van der Waals surface area contributed by atoms with Crippen LogP contribution in [0.3, 0.4) is 0 Å². The Labute approximate surface area is 120 Å². The molecule has 0 aromatic rings. The topological polar surface area (TPSA) is 59.6 Å². The molecule has 5 heteroatoms. The second-order valence-corrected chi connectivity index (χ2v) is 6.42. The van der Waals surface area contributed by atoms with Crippen molar-refractivity contribution in [1.82, 2.24) is 10.6 Å². The smallest absolute Gasteiger partial charge is 0.220 e. The maximum atomic E-state index is 11.6. The highest BCUT2D eigenvalue weighted by molar-refractivity contribution is 5.76. The molecule has 0 bridgehead atoms. The third-order valence-electron chi connectivity index (χ3n) is 4.52. The van der Waals surface area contributed by atoms with Crippen LogP contribution in [0.5, 0.6) is 0 Å². The van der Waals surface area contributed by atoms with Gasteiger partial charge in [0.05, 0.1) is 12.2 Å². The number of ether oxygens (including phenoxy) is 2. The SMILES string of the molecule is O=C(CCCNC1CCOC2(CCOC2)C1)NC1CC1. The van der Waals surface area contributed by atoms with Crippen LogP contribution in [0.4, 0.5) is 0 Å². The fraction of sp³-hybridized carbons (Fsp3) is 0.933. The number of nitrogens with one attached hydrogen (secondary N) is 2. The molecule has 0 radical (unpaired) electrons. The van der Waals surface area contributed by atoms with Gasteiger partial charge in [0.2, 0.25) is 5.91 Å². The van der Waals surface area contributed by atoms with Gasteiger partial charge in [-0.05, 0) is 38.6 Å². The second-order valence-electron chi connectivity index (χ2n) is 6.42. The molecule has 1 amide bonds. The molecular weight excluding hydrogens is 256 g/mol. The van der Waals surface area contributed by atoms with Gasteiger partial charge >= 0.3 is 0 Å². The van der Waals surface area contributed by atoms with Crippen LogP contribution in [-0.2, 0) is 14.3 Å². The molecule has 0 aromatic heterocycles. The van der Waals surface area contributed by atoms with Crippen molar-refractivity contribution in [2.75, 3.05) is 26.4 Å². The predicted octanol–water partition coefficient (Wildman–Crippen LogP) is 0.973. The maximum Gasteiger partial charge on any atom is 0.220 e. The summed E-state index contributed by atoms with van der Waals surface area (Å²) in [5.41, 5.74) is -0.0285. The molecule has 3 aliphatic rings. The zero-order valence-corrected chi connectivity index (χ0v) is 12.2. The van der Waals surface area contributed by atoms with Crippen molar-refractivity contribution in [3.05, 3.63) is 0 Å². The van der Waals surface area contributed by atoms with Gasteiger partial charge in [-0.2, -0.15) is 0 Å². The van der Waals surface area contributed by atoms with Crippen LogP contribution in [0.15, 0.2) is 0 Å². The minimum atomic E-state index is -0.0285. The highest BCUT2D eigenvalue weighted by Gasteiger charge is 2.40. The number of hydrogen-bond acceptors (Lipinski definition) is 4. The Bertz CT molecular complexity index is 338. The fourth-order valence-corrected chi connectivity index (χ4v) is 3.15. The summed E-state index contributed by atoms with van der Waals surface area (Å²) in [6, 6.07) is 0.991. The molecule has 3 rings (SSSR count). The quantitative estimate of drug-likeness (QED) is 0.713. The van der Waals surface area contributed by atoms with Crippen LogP contribution in [0, 0.1) is 0 Å². The van der Waals surface area contributed by atoms with E-state index in [9.17, 15) is 4.79 Å². The molecule has 2 saturated heterocycles. The lowest BCUT2D eigenvalue weighted by atomic mass is 9.89. The number of hydrogen-bond donors (Lipinski definition) is 2. The van der Waals surface area contributed by atoms with Gasteiger partial charge in [0.1, 0.15) is 0 Å². The average molecular weight is 282 g/mol. The van der Waals surface area contributed by atoms with E-state index in [1.165, 1.54) is 0 Å². The first-order chi connectivity index (χ1) is 9.76. The van der Waals surface area contributed by atoms with Gasteiger partial charge in [-0.15, -0.1) is 0 Å². The van der Waals surface area contributed by atoms with Crippen molar-refractivity contribution in [2.45, 2.75) is 62.6 Å². The maximum absolute atomic E-state index is 11.6. The van der Waals surface area contributed by atoms with Crippen molar-refractivity contribution in [2.24, 2.45) is 0 Å². The van der Waals surface area contributed by atoms with Crippen LogP contribution in [0.2, 0.25) is 0 Å². The summed E-state index contributed by atoms with van der Waals surface area (Å²) in [5.74, 6) is 0.210. The van der Waals surface area contributed by atoms with E-state index in [2.05, 4.69) is 10.6 Å². The summed E-state index contributed by atoms with van der Waals surface area (Å²) < 4.78 is 11.4. The normalized spacial score (nSPS) is 33.5. The number of amides is 1. The predicted molar refractivity (Wildman–Crippen MR) is 75.5 cm³/mol. The van der Waals surface area contributed by atoms with E-state index in [0.29, 0.717) is 18.5 Å². The molecule has 2 N–H and O–H groups in total. The molecule has 5 nitrogen and oxygen atoms in total. The molecule has 1 aliphatic carbocycles. The third-order valence-corrected chi connectivity index (χ3v) is 4.52. The second kappa shape index (κ2) is 6.41. The molecule has 1 saturated carbocycles. The van der Waals surface area contributed by atoms with E-state index in [-0.39, 0.29) is 11.5 Å². The molecule has 2 unspecified atom stereocenters. The van der Waals surface area contributed by atoms with Gasteiger partial charge in [-0.1, -0.05) is 0 Å². The van der Waals surface area contributed by atoms with E-state index in [1.807, 2.05) is 0 Å². The Morgan fingerprint density at radius 2 is 2.10 bits per heavy atom. The summed E-state index contributed by atoms with van der Waals surface area (Å²) in [5, 5.41) is 6.61. The van der Waals surface area contributed by atoms with Gasteiger partial charge in [0, 0.05) is 38.1 Å². The molecule has 0 aromatic carbocycles. The lowest BCUT2D eigenvalue weighted by molar-refractivity contribution is -0.121. The largest absolute Gasteiger partial charge is 0.378 e. The number of carbonyl (C=O) groups is 1. The van der Waals surface area contributed by atoms with E-state index < -0.39 is 0 Å². The van der Waals surface area contributed by atoms with E-state index in [0.717, 1.165) is 64.9 Å². The molecule has 2 atom stereocenters. The van der Waals surface area contributed by atoms with Crippen LogP contribution < -0.4 is 10.6 Å². The van der Waals surface area contributed by atoms with Crippen LogP contribution in [0.25, 0.3) is 0 Å². The van der Waals surface area contributed by atoms with Crippen molar-refractivity contribution >= 4 is 5.91 Å². The molecule has 1 spiro atoms. The molecule has 2 aliphatic heterocycles. The van der Waals surface area contributed by atoms with Crippen LogP contribution in [-0.4, -0.2) is 50.0 Å². The Morgan fingerprint density at radius 3 is 2.85 bits per heavy atom. The summed E-state index contributed by atoms with van der Waals surface area (Å²) in [7, 11) is 0. The van der Waals surface area contributed by atoms with Gasteiger partial charge in [-0.3, -0.25) is 4.79 Å². The Morgan fingerprint density at radius 1 is 1.20 bits per heavy atom. The number of rotatable bonds is 6. The van der Waals surface area contributed by atoms with Crippen molar-refractivity contribution in [3.8, 4) is 0 Å². The zero-order valence-electron chi connectivity index (χ0n) is 12.2. The van der Waals surface area contributed by atoms with Crippen molar-refractivity contribution < 1.29 is 14.3 Å². The summed E-state index contributed by atoms with van der Waals surface area (Å²) >= 11 is 0. The standard InChI is InChI=1S/C15H26N2O3/c18-14(17-12-3-4-12)2-1-7-16-13-5-8-20-15(10-13)6-9-19-11-15/h12-13,16H,1-11H2,(H,17,18). The lowest BCUT2D eigenvalue weighted by Gasteiger charge is -2.37. The van der Waals surface area contributed by atoms with Crippen molar-refractivity contribution in [1.29, 1.82) is 0 Å². The Balaban J connectivity index is 1.30. The highest BCUT2D eigenvalue weighted by Crippen LogP contribution is 2.32. The molecule has 20 heavy (non-hydrogen) atoms. The molecule has 2 heterocycles. The number of carbonyl (C=O) groups excluding carboxylic acids is 1. The van der Waals surface area contributed by atoms with Gasteiger partial charge in [-0.25, -0.2) is 0 Å². The Hall–Kier alpha value is -0.650. The lowest BCUT2D eigenvalue weighted by Crippen LogP contribution is -2.47. The monoisotopic (exact) mass is 282 g/mol. The minimum Gasteiger partial charge on any atom is -0.378 e. The first kappa shape index (κ1) is 14.3. The summed E-state index contributed by atoms with van der Waals surface area (Å²) in [6.07, 6.45) is 7.01. The summed E-state index contributed by atoms with van der Waals surface area (Å²) in [6.45, 7) is 3.31. The zero-order chi connectivity index (χ0) is 13.8. The van der Waals surface area contributed by atoms with Crippen LogP contribution in [0.1, 0.15) is 44.9 Å². The van der Waals surface area contributed by atoms with E-state index in [4.69, 9.17) is 9.47 Å². The van der Waals surface area contributed by atoms with Crippen LogP contribution >= 0.6 is 0 Å². The highest BCUT2D eigenvalue weighted by atomic mass is 16.6. The summed E-state index contributed by atoms with van der Waals surface area (Å²) in [4.78, 5) is 11.6.